The molecule has 1 aliphatic rings. The molecular weight excluding hydrogens is 402 g/mol. The molecule has 1 aliphatic carbocycles. The predicted molar refractivity (Wildman–Crippen MR) is 122 cm³/mol. The van der Waals surface area contributed by atoms with Crippen LogP contribution >= 0.6 is 0 Å². The lowest BCUT2D eigenvalue weighted by atomic mass is 9.76. The van der Waals surface area contributed by atoms with Crippen molar-refractivity contribution in [2.75, 3.05) is 0 Å². The molecule has 6 heteroatoms. The second-order valence-corrected chi connectivity index (χ2v) is 8.75. The molecule has 0 aliphatic heterocycles. The largest absolute Gasteiger partial charge is 0.439 e. The zero-order valence-corrected chi connectivity index (χ0v) is 17.9. The normalized spacial score (nSPS) is 20.9. The monoisotopic (exact) mass is 427 g/mol. The van der Waals surface area contributed by atoms with Crippen molar-refractivity contribution in [3.63, 3.8) is 0 Å². The summed E-state index contributed by atoms with van der Waals surface area (Å²) in [6.45, 7) is 1.90. The number of aromatic nitrogens is 3. The fourth-order valence-electron chi connectivity index (χ4n) is 4.51. The minimum absolute atomic E-state index is 0.171. The van der Waals surface area contributed by atoms with Gasteiger partial charge >= 0.3 is 0 Å². The van der Waals surface area contributed by atoms with Gasteiger partial charge in [0.15, 0.2) is 5.82 Å². The van der Waals surface area contributed by atoms with Gasteiger partial charge in [-0.1, -0.05) is 18.2 Å². The molecule has 2 heterocycles. The van der Waals surface area contributed by atoms with Crippen LogP contribution in [-0.2, 0) is 0 Å². The second kappa shape index (κ2) is 8.20. The fourth-order valence-corrected chi connectivity index (χ4v) is 4.51. The van der Waals surface area contributed by atoms with E-state index in [4.69, 9.17) is 4.74 Å². The molecule has 4 aromatic rings. The summed E-state index contributed by atoms with van der Waals surface area (Å²) in [4.78, 5) is 24.7. The van der Waals surface area contributed by atoms with Crippen LogP contribution in [0.15, 0.2) is 66.9 Å². The predicted octanol–water partition coefficient (Wildman–Crippen LogP) is 5.39. The van der Waals surface area contributed by atoms with Crippen molar-refractivity contribution < 1.29 is 14.6 Å². The number of carbonyl (C=O) groups excluding carboxylic acids is 1. The van der Waals surface area contributed by atoms with Crippen LogP contribution in [0.1, 0.15) is 60.3 Å². The highest BCUT2D eigenvalue weighted by atomic mass is 16.5. The molecule has 0 amide bonds. The van der Waals surface area contributed by atoms with Crippen LogP contribution in [0.4, 0.5) is 0 Å². The Bertz CT molecular complexity index is 1230. The third kappa shape index (κ3) is 4.14. The minimum Gasteiger partial charge on any atom is -0.439 e. The van der Waals surface area contributed by atoms with Crippen LogP contribution in [0.25, 0.3) is 11.0 Å². The summed E-state index contributed by atoms with van der Waals surface area (Å²) in [6.07, 6.45) is 5.20. The highest BCUT2D eigenvalue weighted by Crippen LogP contribution is 2.41. The molecule has 2 N–H and O–H groups in total. The number of aromatic amines is 1. The molecule has 1 fully saturated rings. The third-order valence-electron chi connectivity index (χ3n) is 6.13. The van der Waals surface area contributed by atoms with Gasteiger partial charge in [0.1, 0.15) is 5.75 Å². The number of ether oxygens (including phenoxy) is 1. The summed E-state index contributed by atoms with van der Waals surface area (Å²) in [6, 6.07) is 18.5. The number of hydrogen-bond acceptors (Lipinski definition) is 5. The van der Waals surface area contributed by atoms with Crippen molar-refractivity contribution in [1.29, 1.82) is 0 Å². The lowest BCUT2D eigenvalue weighted by Crippen LogP contribution is -2.30. The minimum atomic E-state index is -0.658. The van der Waals surface area contributed by atoms with Gasteiger partial charge in [0, 0.05) is 17.3 Å². The number of aliphatic hydroxyl groups is 1. The van der Waals surface area contributed by atoms with Gasteiger partial charge in [-0.05, 0) is 81.0 Å². The number of fused-ring (bicyclic) bond motifs is 1. The Balaban J connectivity index is 1.35. The average Bonchev–Trinajstić information content (AvgIpc) is 3.23. The quantitative estimate of drug-likeness (QED) is 0.417. The number of benzene rings is 2. The molecule has 2 atom stereocenters. The Morgan fingerprint density at radius 3 is 2.72 bits per heavy atom. The van der Waals surface area contributed by atoms with E-state index in [0.29, 0.717) is 29.4 Å². The van der Waals surface area contributed by atoms with Gasteiger partial charge in [-0.3, -0.25) is 4.79 Å². The van der Waals surface area contributed by atoms with E-state index in [9.17, 15) is 9.90 Å². The summed E-state index contributed by atoms with van der Waals surface area (Å²) in [5.41, 5.74) is 2.48. The number of rotatable bonds is 5. The molecule has 0 spiro atoms. The second-order valence-electron chi connectivity index (χ2n) is 8.75. The molecule has 32 heavy (non-hydrogen) atoms. The highest BCUT2D eigenvalue weighted by Gasteiger charge is 2.32. The summed E-state index contributed by atoms with van der Waals surface area (Å²) >= 11 is 0. The number of H-pyrrole nitrogens is 1. The molecule has 1 saturated carbocycles. The molecule has 6 nitrogen and oxygen atoms in total. The van der Waals surface area contributed by atoms with E-state index < -0.39 is 5.60 Å². The molecule has 0 unspecified atom stereocenters. The standard InChI is InChI=1S/C26H25N3O3/c1-26(31)14-4-6-18(16-26)20-7-5-15-27-25(20)32-19-12-10-17(11-13-19)23(30)24-28-21-8-2-3-9-22(21)29-24/h2-3,5,7-13,15,18,31H,4,6,14,16H2,1H3,(H,28,29)/t18-,26-/m1/s1. The number of ketones is 1. The van der Waals surface area contributed by atoms with Crippen LogP contribution in [0.3, 0.4) is 0 Å². The third-order valence-corrected chi connectivity index (χ3v) is 6.13. The smallest absolute Gasteiger partial charge is 0.228 e. The van der Waals surface area contributed by atoms with Crippen LogP contribution in [0, 0.1) is 0 Å². The van der Waals surface area contributed by atoms with Crippen molar-refractivity contribution in [3.8, 4) is 11.6 Å². The van der Waals surface area contributed by atoms with Crippen LogP contribution < -0.4 is 4.74 Å². The number of para-hydroxylation sites is 2. The molecular formula is C26H25N3O3. The van der Waals surface area contributed by atoms with Crippen LogP contribution in [-0.4, -0.2) is 31.4 Å². The lowest BCUT2D eigenvalue weighted by Gasteiger charge is -2.34. The number of nitrogens with one attached hydrogen (secondary N) is 1. The van der Waals surface area contributed by atoms with E-state index in [1.165, 1.54) is 0 Å². The zero-order valence-electron chi connectivity index (χ0n) is 17.9. The average molecular weight is 428 g/mol. The number of hydrogen-bond donors (Lipinski definition) is 2. The van der Waals surface area contributed by atoms with Gasteiger partial charge < -0.3 is 14.8 Å². The van der Waals surface area contributed by atoms with Crippen molar-refractivity contribution in [2.45, 2.75) is 44.1 Å². The van der Waals surface area contributed by atoms with Crippen molar-refractivity contribution in [1.82, 2.24) is 15.0 Å². The Morgan fingerprint density at radius 1 is 1.12 bits per heavy atom. The molecule has 2 aromatic carbocycles. The molecule has 2 aromatic heterocycles. The summed E-state index contributed by atoms with van der Waals surface area (Å²) in [7, 11) is 0. The first kappa shape index (κ1) is 20.4. The SMILES string of the molecule is C[C@@]1(O)CCC[C@@H](c2cccnc2Oc2ccc(C(=O)c3nc4ccccc4[nH]3)cc2)C1. The Hall–Kier alpha value is -3.51. The van der Waals surface area contributed by atoms with Crippen molar-refractivity contribution in [3.05, 3.63) is 83.8 Å². The summed E-state index contributed by atoms with van der Waals surface area (Å²) < 4.78 is 6.09. The van der Waals surface area contributed by atoms with Crippen molar-refractivity contribution >= 4 is 16.8 Å². The van der Waals surface area contributed by atoms with E-state index in [1.807, 2.05) is 43.3 Å². The Morgan fingerprint density at radius 2 is 1.94 bits per heavy atom. The summed E-state index contributed by atoms with van der Waals surface area (Å²) in [5.74, 6) is 1.50. The number of nitrogens with zero attached hydrogens (tertiary/aromatic N) is 2. The highest BCUT2D eigenvalue weighted by molar-refractivity contribution is 6.08. The molecule has 0 saturated heterocycles. The van der Waals surface area contributed by atoms with Gasteiger partial charge in [-0.25, -0.2) is 9.97 Å². The first-order valence-electron chi connectivity index (χ1n) is 10.9. The van der Waals surface area contributed by atoms with Crippen LogP contribution in [0.5, 0.6) is 11.6 Å². The van der Waals surface area contributed by atoms with E-state index >= 15 is 0 Å². The Kier molecular flexibility index (Phi) is 5.23. The van der Waals surface area contributed by atoms with Gasteiger partial charge in [-0.15, -0.1) is 0 Å². The van der Waals surface area contributed by atoms with E-state index in [-0.39, 0.29) is 11.7 Å². The topological polar surface area (TPSA) is 88.1 Å². The van der Waals surface area contributed by atoms with Crippen molar-refractivity contribution in [2.24, 2.45) is 0 Å². The summed E-state index contributed by atoms with van der Waals surface area (Å²) in [5, 5.41) is 10.5. The maximum absolute atomic E-state index is 12.8. The van der Waals surface area contributed by atoms with E-state index in [2.05, 4.69) is 15.0 Å². The first-order chi connectivity index (χ1) is 15.5. The van der Waals surface area contributed by atoms with E-state index in [1.54, 1.807) is 30.5 Å². The Labute approximate surface area is 186 Å². The van der Waals surface area contributed by atoms with Gasteiger partial charge in [0.2, 0.25) is 11.7 Å². The molecule has 0 radical (unpaired) electrons. The maximum atomic E-state index is 12.8. The van der Waals surface area contributed by atoms with Gasteiger partial charge in [0.25, 0.3) is 0 Å². The number of imidazole rings is 1. The van der Waals surface area contributed by atoms with E-state index in [0.717, 1.165) is 35.9 Å². The number of pyridine rings is 1. The van der Waals surface area contributed by atoms with Crippen LogP contribution in [0.2, 0.25) is 0 Å². The van der Waals surface area contributed by atoms with Gasteiger partial charge in [-0.2, -0.15) is 0 Å². The number of carbonyl (C=O) groups is 1. The first-order valence-corrected chi connectivity index (χ1v) is 10.9. The molecule has 0 bridgehead atoms. The maximum Gasteiger partial charge on any atom is 0.228 e. The fraction of sp³-hybridized carbons (Fsp3) is 0.269. The zero-order chi connectivity index (χ0) is 22.1. The van der Waals surface area contributed by atoms with Gasteiger partial charge in [0.05, 0.1) is 16.6 Å². The molecule has 162 valence electrons. The lowest BCUT2D eigenvalue weighted by molar-refractivity contribution is 0.0142. The molecule has 5 rings (SSSR count).